The molecular formula is C11H9ClN4O3. The van der Waals surface area contributed by atoms with Crippen LogP contribution >= 0.6 is 11.6 Å². The molecule has 0 bridgehead atoms. The highest BCUT2D eigenvalue weighted by molar-refractivity contribution is 6.31. The van der Waals surface area contributed by atoms with E-state index in [1.54, 1.807) is 6.92 Å². The van der Waals surface area contributed by atoms with Crippen LogP contribution in [0.1, 0.15) is 16.1 Å². The monoisotopic (exact) mass is 280 g/mol. The van der Waals surface area contributed by atoms with Crippen molar-refractivity contribution in [1.82, 2.24) is 10.2 Å². The lowest BCUT2D eigenvalue weighted by atomic mass is 10.2. The Hall–Kier alpha value is -2.41. The molecule has 2 rings (SSSR count). The van der Waals surface area contributed by atoms with Crippen molar-refractivity contribution >= 4 is 28.9 Å². The Morgan fingerprint density at radius 2 is 2.26 bits per heavy atom. The van der Waals surface area contributed by atoms with Crippen molar-refractivity contribution in [3.05, 3.63) is 50.8 Å². The van der Waals surface area contributed by atoms with Crippen LogP contribution in [0.3, 0.4) is 0 Å². The summed E-state index contributed by atoms with van der Waals surface area (Å²) >= 11 is 5.69. The Balaban J connectivity index is 2.32. The molecule has 1 amide bonds. The van der Waals surface area contributed by atoms with Gasteiger partial charge in [-0.3, -0.25) is 20.0 Å². The summed E-state index contributed by atoms with van der Waals surface area (Å²) in [6, 6.07) is 4.03. The fraction of sp³-hybridized carbons (Fsp3) is 0.0909. The largest absolute Gasteiger partial charge is 0.316 e. The average Bonchev–Trinajstić information content (AvgIpc) is 2.77. The van der Waals surface area contributed by atoms with Crippen LogP contribution in [0.4, 0.5) is 11.4 Å². The molecule has 2 N–H and O–H groups in total. The second kappa shape index (κ2) is 5.07. The minimum absolute atomic E-state index is 0.0833. The van der Waals surface area contributed by atoms with Crippen molar-refractivity contribution in [2.75, 3.05) is 5.32 Å². The number of aromatic nitrogens is 2. The van der Waals surface area contributed by atoms with E-state index in [1.165, 1.54) is 24.4 Å². The van der Waals surface area contributed by atoms with Gasteiger partial charge in [-0.2, -0.15) is 5.10 Å². The van der Waals surface area contributed by atoms with Gasteiger partial charge in [0.25, 0.3) is 11.6 Å². The SMILES string of the molecule is Cc1[nH]ncc1C(=O)Nc1ccc(Cl)cc1[N+](=O)[O-]. The van der Waals surface area contributed by atoms with Crippen LogP contribution < -0.4 is 5.32 Å². The Labute approximate surface area is 112 Å². The number of benzene rings is 1. The molecule has 0 saturated carbocycles. The molecule has 0 spiro atoms. The summed E-state index contributed by atoms with van der Waals surface area (Å²) in [5.74, 6) is -0.475. The molecule has 0 aliphatic carbocycles. The van der Waals surface area contributed by atoms with Gasteiger partial charge in [-0.1, -0.05) is 11.6 Å². The molecule has 8 heteroatoms. The number of H-pyrrole nitrogens is 1. The third-order valence-corrected chi connectivity index (χ3v) is 2.71. The molecule has 98 valence electrons. The molecule has 0 radical (unpaired) electrons. The summed E-state index contributed by atoms with van der Waals surface area (Å²) in [6.45, 7) is 1.68. The molecule has 0 saturated heterocycles. The lowest BCUT2D eigenvalue weighted by Crippen LogP contribution is -2.13. The zero-order valence-corrected chi connectivity index (χ0v) is 10.6. The van der Waals surface area contributed by atoms with E-state index in [0.717, 1.165) is 0 Å². The molecule has 0 unspecified atom stereocenters. The minimum atomic E-state index is -0.607. The maximum atomic E-state index is 11.9. The number of amides is 1. The molecule has 19 heavy (non-hydrogen) atoms. The maximum Gasteiger partial charge on any atom is 0.294 e. The number of nitro groups is 1. The first-order chi connectivity index (χ1) is 8.99. The molecule has 0 atom stereocenters. The number of hydrogen-bond acceptors (Lipinski definition) is 4. The first-order valence-corrected chi connectivity index (χ1v) is 5.62. The van der Waals surface area contributed by atoms with Gasteiger partial charge in [0, 0.05) is 16.8 Å². The van der Waals surface area contributed by atoms with Crippen LogP contribution in [-0.4, -0.2) is 21.0 Å². The van der Waals surface area contributed by atoms with Crippen molar-refractivity contribution in [3.8, 4) is 0 Å². The van der Waals surface area contributed by atoms with Crippen LogP contribution in [0.25, 0.3) is 0 Å². The standard InChI is InChI=1S/C11H9ClN4O3/c1-6-8(5-13-15-6)11(17)14-9-3-2-7(12)4-10(9)16(18)19/h2-5H,1H3,(H,13,15)(H,14,17). The van der Waals surface area contributed by atoms with E-state index in [9.17, 15) is 14.9 Å². The highest BCUT2D eigenvalue weighted by Gasteiger charge is 2.18. The topological polar surface area (TPSA) is 101 Å². The zero-order chi connectivity index (χ0) is 14.0. The van der Waals surface area contributed by atoms with Crippen molar-refractivity contribution in [2.24, 2.45) is 0 Å². The summed E-state index contributed by atoms with van der Waals surface area (Å²) in [7, 11) is 0. The normalized spacial score (nSPS) is 10.2. The summed E-state index contributed by atoms with van der Waals surface area (Å²) in [5, 5.41) is 19.9. The zero-order valence-electron chi connectivity index (χ0n) is 9.81. The Bertz CT molecular complexity index is 653. The van der Waals surface area contributed by atoms with Gasteiger partial charge in [-0.05, 0) is 19.1 Å². The van der Waals surface area contributed by atoms with Crippen molar-refractivity contribution in [1.29, 1.82) is 0 Å². The van der Waals surface area contributed by atoms with E-state index in [2.05, 4.69) is 15.5 Å². The summed E-state index contributed by atoms with van der Waals surface area (Å²) in [6.07, 6.45) is 1.35. The molecule has 1 aromatic heterocycles. The van der Waals surface area contributed by atoms with Crippen LogP contribution in [0.2, 0.25) is 5.02 Å². The quantitative estimate of drug-likeness (QED) is 0.666. The number of nitrogens with one attached hydrogen (secondary N) is 2. The van der Waals surface area contributed by atoms with Gasteiger partial charge in [-0.15, -0.1) is 0 Å². The number of carbonyl (C=O) groups is 1. The number of aryl methyl sites for hydroxylation is 1. The highest BCUT2D eigenvalue weighted by atomic mass is 35.5. The van der Waals surface area contributed by atoms with Crippen molar-refractivity contribution in [3.63, 3.8) is 0 Å². The molecule has 0 aliphatic heterocycles. The maximum absolute atomic E-state index is 11.9. The first kappa shape index (κ1) is 13.0. The molecular weight excluding hydrogens is 272 g/mol. The molecule has 0 aliphatic rings. The van der Waals surface area contributed by atoms with Gasteiger partial charge in [0.2, 0.25) is 0 Å². The van der Waals surface area contributed by atoms with Gasteiger partial charge < -0.3 is 5.32 Å². The van der Waals surface area contributed by atoms with E-state index in [0.29, 0.717) is 11.3 Å². The Morgan fingerprint density at radius 3 is 2.84 bits per heavy atom. The Morgan fingerprint density at radius 1 is 1.53 bits per heavy atom. The second-order valence-electron chi connectivity index (χ2n) is 3.78. The predicted octanol–water partition coefficient (Wildman–Crippen LogP) is 2.53. The molecule has 1 heterocycles. The van der Waals surface area contributed by atoms with Crippen LogP contribution in [0.15, 0.2) is 24.4 Å². The number of hydrogen-bond donors (Lipinski definition) is 2. The number of rotatable bonds is 3. The second-order valence-corrected chi connectivity index (χ2v) is 4.22. The first-order valence-electron chi connectivity index (χ1n) is 5.24. The van der Waals surface area contributed by atoms with Crippen molar-refractivity contribution < 1.29 is 9.72 Å². The smallest absolute Gasteiger partial charge is 0.294 e. The van der Waals surface area contributed by atoms with Gasteiger partial charge in [0.05, 0.1) is 16.7 Å². The fourth-order valence-corrected chi connectivity index (χ4v) is 1.70. The average molecular weight is 281 g/mol. The number of nitro benzene ring substituents is 1. The Kier molecular flexibility index (Phi) is 3.48. The highest BCUT2D eigenvalue weighted by Crippen LogP contribution is 2.28. The van der Waals surface area contributed by atoms with Crippen LogP contribution in [-0.2, 0) is 0 Å². The molecule has 1 aromatic carbocycles. The predicted molar refractivity (Wildman–Crippen MR) is 69.4 cm³/mol. The lowest BCUT2D eigenvalue weighted by molar-refractivity contribution is -0.383. The number of anilines is 1. The van der Waals surface area contributed by atoms with E-state index in [4.69, 9.17) is 11.6 Å². The fourth-order valence-electron chi connectivity index (χ4n) is 1.53. The van der Waals surface area contributed by atoms with Crippen molar-refractivity contribution in [2.45, 2.75) is 6.92 Å². The third kappa shape index (κ3) is 2.71. The van der Waals surface area contributed by atoms with Gasteiger partial charge >= 0.3 is 0 Å². The van der Waals surface area contributed by atoms with Crippen LogP contribution in [0, 0.1) is 17.0 Å². The molecule has 7 nitrogen and oxygen atoms in total. The lowest BCUT2D eigenvalue weighted by Gasteiger charge is -2.05. The number of nitrogens with zero attached hydrogens (tertiary/aromatic N) is 2. The van der Waals surface area contributed by atoms with Gasteiger partial charge in [0.1, 0.15) is 5.69 Å². The summed E-state index contributed by atoms with van der Waals surface area (Å²) in [5.41, 5.74) is 0.723. The van der Waals surface area contributed by atoms with Gasteiger partial charge in [0.15, 0.2) is 0 Å². The van der Waals surface area contributed by atoms with Crippen LogP contribution in [0.5, 0.6) is 0 Å². The summed E-state index contributed by atoms with van der Waals surface area (Å²) in [4.78, 5) is 22.2. The number of halogens is 1. The van der Waals surface area contributed by atoms with E-state index < -0.39 is 10.8 Å². The molecule has 0 fully saturated rings. The third-order valence-electron chi connectivity index (χ3n) is 2.48. The number of aromatic amines is 1. The van der Waals surface area contributed by atoms with E-state index >= 15 is 0 Å². The molecule has 2 aromatic rings. The van der Waals surface area contributed by atoms with E-state index in [1.807, 2.05) is 0 Å². The summed E-state index contributed by atoms with van der Waals surface area (Å²) < 4.78 is 0. The minimum Gasteiger partial charge on any atom is -0.316 e. The number of carbonyl (C=O) groups excluding carboxylic acids is 1. The van der Waals surface area contributed by atoms with E-state index in [-0.39, 0.29) is 16.4 Å². The van der Waals surface area contributed by atoms with Gasteiger partial charge in [-0.25, -0.2) is 0 Å².